The Labute approximate surface area is 115 Å². The van der Waals surface area contributed by atoms with Crippen LogP contribution in [0.2, 0.25) is 0 Å². The second-order valence-corrected chi connectivity index (χ2v) is 5.04. The molecule has 19 heavy (non-hydrogen) atoms. The van der Waals surface area contributed by atoms with E-state index < -0.39 is 0 Å². The maximum absolute atomic E-state index is 12.1. The van der Waals surface area contributed by atoms with Crippen molar-refractivity contribution in [3.63, 3.8) is 0 Å². The first-order valence-corrected chi connectivity index (χ1v) is 7.24. The number of hydrogen-bond acceptors (Lipinski definition) is 3. The van der Waals surface area contributed by atoms with E-state index >= 15 is 0 Å². The summed E-state index contributed by atoms with van der Waals surface area (Å²) in [6.07, 6.45) is 5.49. The van der Waals surface area contributed by atoms with Gasteiger partial charge in [0.25, 0.3) is 0 Å². The maximum atomic E-state index is 12.1. The number of carbonyl (C=O) groups is 1. The number of nitrogens with one attached hydrogen (secondary N) is 1. The number of rotatable bonds is 6. The Bertz CT molecular complexity index is 411. The Kier molecular flexibility index (Phi) is 4.96. The van der Waals surface area contributed by atoms with Gasteiger partial charge in [0.15, 0.2) is 0 Å². The average molecular weight is 264 g/mol. The lowest BCUT2D eigenvalue weighted by molar-refractivity contribution is -0.125. The van der Waals surface area contributed by atoms with Crippen LogP contribution in [0.3, 0.4) is 0 Å². The van der Waals surface area contributed by atoms with Gasteiger partial charge in [-0.2, -0.15) is 0 Å². The Morgan fingerprint density at radius 2 is 2.32 bits per heavy atom. The zero-order valence-corrected chi connectivity index (χ0v) is 11.9. The molecule has 106 valence electrons. The average Bonchev–Trinajstić information content (AvgIpc) is 2.90. The summed E-state index contributed by atoms with van der Waals surface area (Å²) < 4.78 is 2.14. The van der Waals surface area contributed by atoms with Crippen molar-refractivity contribution < 1.29 is 4.79 Å². The second kappa shape index (κ2) is 6.70. The molecule has 1 aliphatic heterocycles. The summed E-state index contributed by atoms with van der Waals surface area (Å²) in [6, 6.07) is 0. The van der Waals surface area contributed by atoms with Gasteiger partial charge >= 0.3 is 0 Å². The van der Waals surface area contributed by atoms with Crippen LogP contribution in [0.4, 0.5) is 0 Å². The number of carbonyl (C=O) groups excluding carboxylic acids is 1. The molecular weight excluding hydrogens is 240 g/mol. The van der Waals surface area contributed by atoms with Gasteiger partial charge in [-0.15, -0.1) is 0 Å². The number of amides is 1. The van der Waals surface area contributed by atoms with Crippen LogP contribution in [-0.2, 0) is 17.8 Å². The molecule has 2 heterocycles. The van der Waals surface area contributed by atoms with Crippen molar-refractivity contribution in [1.29, 1.82) is 0 Å². The Hall–Kier alpha value is -1.36. The van der Waals surface area contributed by atoms with Crippen molar-refractivity contribution in [2.45, 2.75) is 33.2 Å². The van der Waals surface area contributed by atoms with Crippen LogP contribution in [0, 0.1) is 5.92 Å². The first kappa shape index (κ1) is 14.1. The van der Waals surface area contributed by atoms with Crippen LogP contribution in [-0.4, -0.2) is 46.5 Å². The number of imidazole rings is 1. The van der Waals surface area contributed by atoms with Crippen LogP contribution in [0.15, 0.2) is 12.4 Å². The van der Waals surface area contributed by atoms with Crippen molar-refractivity contribution >= 4 is 5.91 Å². The summed E-state index contributed by atoms with van der Waals surface area (Å²) in [6.45, 7) is 8.94. The van der Waals surface area contributed by atoms with Gasteiger partial charge in [0.1, 0.15) is 5.82 Å². The molecule has 0 saturated heterocycles. The maximum Gasteiger partial charge on any atom is 0.223 e. The van der Waals surface area contributed by atoms with Crippen molar-refractivity contribution in [3.8, 4) is 0 Å². The minimum Gasteiger partial charge on any atom is -0.355 e. The monoisotopic (exact) mass is 264 g/mol. The fourth-order valence-corrected chi connectivity index (χ4v) is 2.60. The largest absolute Gasteiger partial charge is 0.355 e. The van der Waals surface area contributed by atoms with Gasteiger partial charge in [0, 0.05) is 44.4 Å². The van der Waals surface area contributed by atoms with Crippen molar-refractivity contribution in [2.75, 3.05) is 26.2 Å². The third-order valence-electron chi connectivity index (χ3n) is 3.94. The van der Waals surface area contributed by atoms with E-state index in [2.05, 4.69) is 33.6 Å². The molecule has 0 fully saturated rings. The highest BCUT2D eigenvalue weighted by Crippen LogP contribution is 2.18. The first-order valence-electron chi connectivity index (χ1n) is 7.24. The molecule has 0 aromatic carbocycles. The third kappa shape index (κ3) is 3.56. The molecule has 1 atom stereocenters. The zero-order valence-electron chi connectivity index (χ0n) is 11.9. The van der Waals surface area contributed by atoms with Crippen molar-refractivity contribution in [2.24, 2.45) is 5.92 Å². The predicted molar refractivity (Wildman–Crippen MR) is 74.8 cm³/mol. The molecule has 1 aliphatic rings. The topological polar surface area (TPSA) is 50.2 Å². The summed E-state index contributed by atoms with van der Waals surface area (Å²) in [4.78, 5) is 18.7. The molecule has 2 rings (SSSR count). The molecular formula is C14H24N4O. The van der Waals surface area contributed by atoms with E-state index in [-0.39, 0.29) is 11.8 Å². The first-order chi connectivity index (χ1) is 9.24. The number of fused-ring (bicyclic) bond motifs is 1. The standard InChI is InChI=1S/C14H24N4O/c1-3-17(4-2)9-6-16-14(19)12-5-8-18-10-7-15-13(18)11-12/h7,10,12H,3-6,8-9,11H2,1-2H3,(H,16,19). The van der Waals surface area contributed by atoms with Crippen LogP contribution >= 0.6 is 0 Å². The number of likely N-dealkylation sites (N-methyl/N-ethyl adjacent to an activating group) is 1. The lowest BCUT2D eigenvalue weighted by Crippen LogP contribution is -2.39. The fourth-order valence-electron chi connectivity index (χ4n) is 2.60. The van der Waals surface area contributed by atoms with E-state index in [0.717, 1.165) is 51.4 Å². The van der Waals surface area contributed by atoms with Crippen LogP contribution in [0.25, 0.3) is 0 Å². The molecule has 1 amide bonds. The molecule has 1 unspecified atom stereocenters. The molecule has 1 N–H and O–H groups in total. The van der Waals surface area contributed by atoms with E-state index in [4.69, 9.17) is 0 Å². The molecule has 1 aromatic rings. The molecule has 5 heteroatoms. The van der Waals surface area contributed by atoms with Gasteiger partial charge in [-0.1, -0.05) is 13.8 Å². The second-order valence-electron chi connectivity index (χ2n) is 5.04. The molecule has 1 aromatic heterocycles. The van der Waals surface area contributed by atoms with E-state index in [1.807, 2.05) is 12.4 Å². The number of nitrogens with zero attached hydrogens (tertiary/aromatic N) is 3. The molecule has 0 radical (unpaired) electrons. The van der Waals surface area contributed by atoms with Crippen molar-refractivity contribution in [3.05, 3.63) is 18.2 Å². The van der Waals surface area contributed by atoms with Gasteiger partial charge in [0.05, 0.1) is 0 Å². The van der Waals surface area contributed by atoms with E-state index in [9.17, 15) is 4.79 Å². The molecule has 0 saturated carbocycles. The normalized spacial score (nSPS) is 18.4. The minimum atomic E-state index is 0.0894. The molecule has 0 aliphatic carbocycles. The summed E-state index contributed by atoms with van der Waals surface area (Å²) >= 11 is 0. The molecule has 5 nitrogen and oxygen atoms in total. The number of hydrogen-bond donors (Lipinski definition) is 1. The summed E-state index contributed by atoms with van der Waals surface area (Å²) in [5.41, 5.74) is 0. The van der Waals surface area contributed by atoms with Crippen LogP contribution < -0.4 is 5.32 Å². The number of aromatic nitrogens is 2. The third-order valence-corrected chi connectivity index (χ3v) is 3.94. The Morgan fingerprint density at radius 1 is 1.53 bits per heavy atom. The van der Waals surface area contributed by atoms with Gasteiger partial charge in [-0.05, 0) is 19.5 Å². The van der Waals surface area contributed by atoms with Gasteiger partial charge < -0.3 is 14.8 Å². The van der Waals surface area contributed by atoms with E-state index in [1.165, 1.54) is 0 Å². The van der Waals surface area contributed by atoms with Gasteiger partial charge in [-0.25, -0.2) is 4.98 Å². The minimum absolute atomic E-state index is 0.0894. The summed E-state index contributed by atoms with van der Waals surface area (Å²) in [7, 11) is 0. The Balaban J connectivity index is 1.75. The fraction of sp³-hybridized carbons (Fsp3) is 0.714. The predicted octanol–water partition coefficient (Wildman–Crippen LogP) is 0.903. The highest BCUT2D eigenvalue weighted by atomic mass is 16.1. The van der Waals surface area contributed by atoms with E-state index in [0.29, 0.717) is 0 Å². The lowest BCUT2D eigenvalue weighted by atomic mass is 9.97. The van der Waals surface area contributed by atoms with E-state index in [1.54, 1.807) is 0 Å². The SMILES string of the molecule is CCN(CC)CCNC(=O)C1CCn2ccnc2C1. The van der Waals surface area contributed by atoms with Crippen molar-refractivity contribution in [1.82, 2.24) is 19.8 Å². The quantitative estimate of drug-likeness (QED) is 0.830. The highest BCUT2D eigenvalue weighted by molar-refractivity contribution is 5.78. The molecule has 0 bridgehead atoms. The van der Waals surface area contributed by atoms with Gasteiger partial charge in [-0.3, -0.25) is 4.79 Å². The summed E-state index contributed by atoms with van der Waals surface area (Å²) in [5.74, 6) is 1.31. The highest BCUT2D eigenvalue weighted by Gasteiger charge is 2.24. The summed E-state index contributed by atoms with van der Waals surface area (Å²) in [5, 5.41) is 3.06. The number of aryl methyl sites for hydroxylation is 1. The zero-order chi connectivity index (χ0) is 13.7. The molecule has 0 spiro atoms. The lowest BCUT2D eigenvalue weighted by Gasteiger charge is -2.23. The van der Waals surface area contributed by atoms with Crippen LogP contribution in [0.1, 0.15) is 26.1 Å². The Morgan fingerprint density at radius 3 is 3.05 bits per heavy atom. The smallest absolute Gasteiger partial charge is 0.223 e. The van der Waals surface area contributed by atoms with Crippen LogP contribution in [0.5, 0.6) is 0 Å². The van der Waals surface area contributed by atoms with Gasteiger partial charge in [0.2, 0.25) is 5.91 Å².